The first-order valence-corrected chi connectivity index (χ1v) is 16.4. The average molecular weight is 713 g/mol. The van der Waals surface area contributed by atoms with Gasteiger partial charge in [0, 0.05) is 59.3 Å². The number of nitrogens with zero attached hydrogens (tertiary/aromatic N) is 2. The van der Waals surface area contributed by atoms with Crippen molar-refractivity contribution < 1.29 is 71.0 Å². The largest absolute Gasteiger partial charge is 0.483 e. The summed E-state index contributed by atoms with van der Waals surface area (Å²) in [6.45, 7) is -0.360. The monoisotopic (exact) mass is 712 g/mol. The molecule has 1 aliphatic heterocycles. The molecule has 1 fully saturated rings. The summed E-state index contributed by atoms with van der Waals surface area (Å²) < 4.78 is 49.9. The fraction of sp³-hybridized carbons (Fsp3) is 0.259. The van der Waals surface area contributed by atoms with Crippen LogP contribution in [0, 0.1) is 0 Å². The van der Waals surface area contributed by atoms with Crippen molar-refractivity contribution in [3.63, 3.8) is 0 Å². The number of amides is 3. The van der Waals surface area contributed by atoms with Gasteiger partial charge in [-0.3, -0.25) is 18.9 Å². The highest BCUT2D eigenvalue weighted by Crippen LogP contribution is 2.47. The number of rotatable bonds is 15. The van der Waals surface area contributed by atoms with Gasteiger partial charge >= 0.3 is 5.97 Å². The molecule has 5 rings (SSSR count). The molecule has 3 amide bonds. The third-order valence-corrected chi connectivity index (χ3v) is 9.37. The van der Waals surface area contributed by atoms with Gasteiger partial charge in [0.2, 0.25) is 0 Å². The van der Waals surface area contributed by atoms with Crippen LogP contribution in [0.1, 0.15) is 25.7 Å². The maximum absolute atomic E-state index is 12.9. The first-order chi connectivity index (χ1) is 22.4. The Morgan fingerprint density at radius 3 is 2.04 bits per heavy atom. The molecular formula is C27H24N2O15S3. The second-order valence-electron chi connectivity index (χ2n) is 10.00. The zero-order valence-electron chi connectivity index (χ0n) is 24.1. The maximum Gasteiger partial charge on any atom is 0.333 e. The Morgan fingerprint density at radius 1 is 0.894 bits per heavy atom. The minimum Gasteiger partial charge on any atom is -0.483 e. The number of ether oxygens (including phenoxy) is 1. The molecule has 3 N–H and O–H groups in total. The van der Waals surface area contributed by atoms with Crippen LogP contribution in [0.15, 0.2) is 51.1 Å². The minimum absolute atomic E-state index is 0.0292. The molecule has 0 atom stereocenters. The zero-order valence-corrected chi connectivity index (χ0v) is 26.5. The predicted octanol–water partition coefficient (Wildman–Crippen LogP) is 3.91. The lowest BCUT2D eigenvalue weighted by Gasteiger charge is -2.20. The van der Waals surface area contributed by atoms with Crippen LogP contribution in [0.25, 0.3) is 32.3 Å². The van der Waals surface area contributed by atoms with Crippen LogP contribution in [0.3, 0.4) is 0 Å². The lowest BCUT2D eigenvalue weighted by atomic mass is 9.93. The molecule has 20 heteroatoms. The molecule has 0 aromatic heterocycles. The molecule has 0 radical (unpaired) electrons. The molecule has 17 nitrogen and oxygen atoms in total. The van der Waals surface area contributed by atoms with Crippen molar-refractivity contribution in [1.82, 2.24) is 9.96 Å². The summed E-state index contributed by atoms with van der Waals surface area (Å²) in [6, 6.07) is 8.94. The van der Waals surface area contributed by atoms with Crippen molar-refractivity contribution in [1.29, 1.82) is 0 Å². The summed E-state index contributed by atoms with van der Waals surface area (Å²) in [5, 5.41) is 27.6. The topological polar surface area (TPSA) is 225 Å². The Hall–Kier alpha value is -3.83. The van der Waals surface area contributed by atoms with Gasteiger partial charge in [-0.15, -0.1) is 13.7 Å². The quantitative estimate of drug-likeness (QED) is 0.0396. The van der Waals surface area contributed by atoms with E-state index in [0.29, 0.717) is 61.0 Å². The molecule has 4 aromatic carbocycles. The molecule has 250 valence electrons. The molecular weight excluding hydrogens is 688 g/mol. The third kappa shape index (κ3) is 7.36. The van der Waals surface area contributed by atoms with Crippen molar-refractivity contribution in [3.05, 3.63) is 36.4 Å². The second-order valence-corrected chi connectivity index (χ2v) is 12.9. The van der Waals surface area contributed by atoms with Gasteiger partial charge in [0.1, 0.15) is 10.6 Å². The fourth-order valence-corrected chi connectivity index (χ4v) is 6.92. The standard InChI is InChI=1S/C27H24N2O15S3/c1-28(10-2-3-25(33)40-29-22(30)8-9-23(29)31)24(32)13-39-18-11-19(45-43-41-34)15-5-6-16-20(46-44-42-35)12-21(47(36,37)38)17-7-4-14(18)26(15)27(16)17/h4-7,11-12,34-35H,2-3,8-10,13H2,1H3,(H,36,37,38). The Labute approximate surface area is 273 Å². The molecule has 1 saturated heterocycles. The molecule has 0 unspecified atom stereocenters. The predicted molar refractivity (Wildman–Crippen MR) is 161 cm³/mol. The van der Waals surface area contributed by atoms with Crippen LogP contribution in [0.2, 0.25) is 0 Å². The SMILES string of the molecule is CN(CCCC(=O)ON1C(=O)CCC1=O)C(=O)COc1cc(SOOO)c2ccc3c(SOOO)cc(S(=O)(=O)O)c4ccc1c2c34. The van der Waals surface area contributed by atoms with Crippen LogP contribution in [0.4, 0.5) is 0 Å². The number of carbonyl (C=O) groups excluding carboxylic acids is 4. The second kappa shape index (κ2) is 14.5. The van der Waals surface area contributed by atoms with Gasteiger partial charge in [-0.25, -0.2) is 15.3 Å². The van der Waals surface area contributed by atoms with Crippen molar-refractivity contribution in [2.75, 3.05) is 20.2 Å². The highest BCUT2D eigenvalue weighted by molar-refractivity contribution is 7.95. The van der Waals surface area contributed by atoms with Gasteiger partial charge in [-0.05, 0) is 35.4 Å². The van der Waals surface area contributed by atoms with E-state index < -0.39 is 45.3 Å². The Morgan fingerprint density at radius 2 is 1.45 bits per heavy atom. The Kier molecular flexibility index (Phi) is 10.7. The molecule has 0 bridgehead atoms. The maximum atomic E-state index is 12.9. The number of hydrogen-bond donors (Lipinski definition) is 3. The van der Waals surface area contributed by atoms with Gasteiger partial charge in [-0.1, -0.05) is 28.3 Å². The van der Waals surface area contributed by atoms with Gasteiger partial charge in [0.25, 0.3) is 27.8 Å². The van der Waals surface area contributed by atoms with Crippen LogP contribution in [-0.2, 0) is 52.9 Å². The fourth-order valence-electron chi connectivity index (χ4n) is 5.08. The summed E-state index contributed by atoms with van der Waals surface area (Å²) in [7, 11) is -3.28. The summed E-state index contributed by atoms with van der Waals surface area (Å²) >= 11 is 1.08. The van der Waals surface area contributed by atoms with E-state index in [0.717, 1.165) is 6.07 Å². The van der Waals surface area contributed by atoms with E-state index in [1.54, 1.807) is 18.2 Å². The van der Waals surface area contributed by atoms with E-state index in [1.807, 2.05) is 0 Å². The van der Waals surface area contributed by atoms with Crippen molar-refractivity contribution in [2.45, 2.75) is 40.4 Å². The summed E-state index contributed by atoms with van der Waals surface area (Å²) in [5.41, 5.74) is 0. The molecule has 47 heavy (non-hydrogen) atoms. The van der Waals surface area contributed by atoms with E-state index in [9.17, 15) is 32.1 Å². The third-order valence-electron chi connectivity index (χ3n) is 7.18. The Balaban J connectivity index is 1.41. The highest BCUT2D eigenvalue weighted by atomic mass is 32.2. The van der Waals surface area contributed by atoms with Gasteiger partial charge in [-0.2, -0.15) is 8.42 Å². The lowest BCUT2D eigenvalue weighted by molar-refractivity contribution is -0.432. The van der Waals surface area contributed by atoms with Crippen molar-refractivity contribution in [3.8, 4) is 5.75 Å². The first-order valence-electron chi connectivity index (χ1n) is 13.4. The summed E-state index contributed by atoms with van der Waals surface area (Å²) in [6.07, 6.45) is -0.0622. The zero-order chi connectivity index (χ0) is 33.9. The van der Waals surface area contributed by atoms with Gasteiger partial charge in [0.15, 0.2) is 6.61 Å². The molecule has 0 spiro atoms. The summed E-state index contributed by atoms with van der Waals surface area (Å²) in [4.78, 5) is 54.4. The number of hydrogen-bond acceptors (Lipinski definition) is 16. The minimum atomic E-state index is -4.76. The smallest absolute Gasteiger partial charge is 0.333 e. The van der Waals surface area contributed by atoms with Crippen LogP contribution in [0.5, 0.6) is 5.75 Å². The van der Waals surface area contributed by atoms with E-state index in [-0.39, 0.29) is 48.3 Å². The molecule has 1 aliphatic rings. The number of hydroxylamine groups is 2. The average Bonchev–Trinajstić information content (AvgIpc) is 3.35. The number of imide groups is 1. The molecule has 0 saturated carbocycles. The van der Waals surface area contributed by atoms with Crippen molar-refractivity contribution >= 4 is 90.2 Å². The van der Waals surface area contributed by atoms with E-state index in [1.165, 1.54) is 24.1 Å². The van der Waals surface area contributed by atoms with Crippen LogP contribution in [-0.4, -0.2) is 77.3 Å². The molecule has 1 heterocycles. The normalized spacial score (nSPS) is 13.7. The van der Waals surface area contributed by atoms with Gasteiger partial charge < -0.3 is 14.5 Å². The van der Waals surface area contributed by atoms with E-state index in [4.69, 9.17) is 20.1 Å². The number of likely N-dealkylation sites (N-methyl/N-ethyl adjacent to an activating group) is 1. The lowest BCUT2D eigenvalue weighted by Crippen LogP contribution is -2.34. The highest BCUT2D eigenvalue weighted by Gasteiger charge is 2.32. The van der Waals surface area contributed by atoms with Crippen molar-refractivity contribution in [2.24, 2.45) is 0 Å². The molecule has 0 aliphatic carbocycles. The van der Waals surface area contributed by atoms with E-state index in [2.05, 4.69) is 18.7 Å². The Bertz CT molecular complexity index is 1950. The number of carbonyl (C=O) groups is 4. The van der Waals surface area contributed by atoms with Gasteiger partial charge in [0.05, 0.1) is 29.0 Å². The molecule has 4 aromatic rings. The first kappa shape index (κ1) is 34.5. The summed E-state index contributed by atoms with van der Waals surface area (Å²) in [5.74, 6) is -2.32. The number of benzene rings is 4. The van der Waals surface area contributed by atoms with E-state index >= 15 is 0 Å². The van der Waals surface area contributed by atoms with Crippen LogP contribution >= 0.6 is 24.1 Å². The van der Waals surface area contributed by atoms with Crippen LogP contribution < -0.4 is 4.74 Å².